The molecule has 0 amide bonds. The molecule has 0 radical (unpaired) electrons. The molecule has 3 atom stereocenters. The molecule has 0 aromatic rings. The van der Waals surface area contributed by atoms with Crippen LogP contribution < -0.4 is 10.6 Å². The molecule has 1 saturated carbocycles. The van der Waals surface area contributed by atoms with Crippen LogP contribution in [0.4, 0.5) is 0 Å². The van der Waals surface area contributed by atoms with E-state index in [1.165, 1.54) is 25.5 Å². The number of piperidine rings is 1. The second-order valence-corrected chi connectivity index (χ2v) is 8.92. The first-order chi connectivity index (χ1) is 10.5. The quantitative estimate of drug-likeness (QED) is 0.768. The maximum atomic E-state index is 11.6. The van der Waals surface area contributed by atoms with E-state index in [9.17, 15) is 8.42 Å². The lowest BCUT2D eigenvalue weighted by Crippen LogP contribution is -2.54. The second kappa shape index (κ2) is 7.13. The number of sulfonamides is 1. The monoisotopic (exact) mass is 331 g/mol. The first kappa shape index (κ1) is 16.6. The molecular weight excluding hydrogens is 302 g/mol. The number of rotatable bonds is 4. The van der Waals surface area contributed by atoms with Crippen molar-refractivity contribution in [2.75, 3.05) is 39.1 Å². The standard InChI is InChI=1S/C15H29N3O3S/c1-22(19,20)18-8-5-12(6-9-18)17-14-4-2-3-13(14)15-11-21-10-7-16-15/h12-17H,2-11H2,1H3. The van der Waals surface area contributed by atoms with Crippen LogP contribution in [0.15, 0.2) is 0 Å². The maximum absolute atomic E-state index is 11.6. The summed E-state index contributed by atoms with van der Waals surface area (Å²) in [5, 5.41) is 7.42. The Morgan fingerprint density at radius 2 is 1.95 bits per heavy atom. The average Bonchev–Trinajstić information content (AvgIpc) is 2.96. The Morgan fingerprint density at radius 1 is 1.18 bits per heavy atom. The van der Waals surface area contributed by atoms with Crippen molar-refractivity contribution < 1.29 is 13.2 Å². The predicted molar refractivity (Wildman–Crippen MR) is 86.3 cm³/mol. The average molecular weight is 331 g/mol. The zero-order chi connectivity index (χ0) is 15.6. The van der Waals surface area contributed by atoms with Crippen molar-refractivity contribution in [3.63, 3.8) is 0 Å². The fourth-order valence-corrected chi connectivity index (χ4v) is 5.07. The largest absolute Gasteiger partial charge is 0.379 e. The third-order valence-corrected chi connectivity index (χ3v) is 6.71. The van der Waals surface area contributed by atoms with E-state index in [1.807, 2.05) is 0 Å². The molecular formula is C15H29N3O3S. The SMILES string of the molecule is CS(=O)(=O)N1CCC(NC2CCCC2C2COCCN2)CC1. The third kappa shape index (κ3) is 4.00. The Bertz CT molecular complexity index is 457. The van der Waals surface area contributed by atoms with E-state index in [0.717, 1.165) is 32.6 Å². The number of nitrogens with one attached hydrogen (secondary N) is 2. The van der Waals surface area contributed by atoms with Crippen molar-refractivity contribution in [1.29, 1.82) is 0 Å². The van der Waals surface area contributed by atoms with Crippen LogP contribution in [0.1, 0.15) is 32.1 Å². The van der Waals surface area contributed by atoms with Crippen LogP contribution in [-0.2, 0) is 14.8 Å². The van der Waals surface area contributed by atoms with Crippen molar-refractivity contribution in [2.45, 2.75) is 50.2 Å². The number of hydrogen-bond acceptors (Lipinski definition) is 5. The molecule has 3 fully saturated rings. The van der Waals surface area contributed by atoms with Crippen LogP contribution in [0.3, 0.4) is 0 Å². The lowest BCUT2D eigenvalue weighted by molar-refractivity contribution is 0.0510. The number of ether oxygens (including phenoxy) is 1. The van der Waals surface area contributed by atoms with Gasteiger partial charge in [0.1, 0.15) is 0 Å². The van der Waals surface area contributed by atoms with Crippen molar-refractivity contribution in [3.8, 4) is 0 Å². The Morgan fingerprint density at radius 3 is 2.59 bits per heavy atom. The minimum atomic E-state index is -3.03. The molecule has 2 saturated heterocycles. The topological polar surface area (TPSA) is 70.7 Å². The Balaban J connectivity index is 1.50. The van der Waals surface area contributed by atoms with Gasteiger partial charge in [0.05, 0.1) is 19.5 Å². The van der Waals surface area contributed by atoms with Crippen LogP contribution in [0.25, 0.3) is 0 Å². The molecule has 22 heavy (non-hydrogen) atoms. The van der Waals surface area contributed by atoms with Crippen LogP contribution >= 0.6 is 0 Å². The fraction of sp³-hybridized carbons (Fsp3) is 1.00. The molecule has 0 bridgehead atoms. The van der Waals surface area contributed by atoms with E-state index in [4.69, 9.17) is 4.74 Å². The number of hydrogen-bond donors (Lipinski definition) is 2. The molecule has 0 spiro atoms. The molecule has 2 aliphatic heterocycles. The van der Waals surface area contributed by atoms with E-state index in [2.05, 4.69) is 10.6 Å². The zero-order valence-corrected chi connectivity index (χ0v) is 14.3. The minimum absolute atomic E-state index is 0.452. The molecule has 0 aromatic carbocycles. The summed E-state index contributed by atoms with van der Waals surface area (Å²) in [6.07, 6.45) is 6.93. The van der Waals surface area contributed by atoms with Crippen LogP contribution in [-0.4, -0.2) is 70.0 Å². The number of morpholine rings is 1. The van der Waals surface area contributed by atoms with Gasteiger partial charge in [0, 0.05) is 37.8 Å². The van der Waals surface area contributed by atoms with Crippen LogP contribution in [0.2, 0.25) is 0 Å². The van der Waals surface area contributed by atoms with E-state index in [0.29, 0.717) is 37.1 Å². The summed E-state index contributed by atoms with van der Waals surface area (Å²) >= 11 is 0. The molecule has 1 aliphatic carbocycles. The van der Waals surface area contributed by atoms with Gasteiger partial charge in [0.2, 0.25) is 10.0 Å². The highest BCUT2D eigenvalue weighted by atomic mass is 32.2. The molecule has 7 heteroatoms. The van der Waals surface area contributed by atoms with Gasteiger partial charge in [-0.05, 0) is 31.6 Å². The van der Waals surface area contributed by atoms with E-state index >= 15 is 0 Å². The summed E-state index contributed by atoms with van der Waals surface area (Å²) in [7, 11) is -3.03. The summed E-state index contributed by atoms with van der Waals surface area (Å²) < 4.78 is 30.4. The van der Waals surface area contributed by atoms with Crippen molar-refractivity contribution in [3.05, 3.63) is 0 Å². The van der Waals surface area contributed by atoms with Gasteiger partial charge in [-0.2, -0.15) is 0 Å². The van der Waals surface area contributed by atoms with E-state index < -0.39 is 10.0 Å². The van der Waals surface area contributed by atoms with Gasteiger partial charge in [-0.1, -0.05) is 6.42 Å². The second-order valence-electron chi connectivity index (χ2n) is 6.94. The first-order valence-corrected chi connectivity index (χ1v) is 10.4. The summed E-state index contributed by atoms with van der Waals surface area (Å²) in [5.74, 6) is 0.647. The van der Waals surface area contributed by atoms with Crippen LogP contribution in [0, 0.1) is 5.92 Å². The summed E-state index contributed by atoms with van der Waals surface area (Å²) in [6.45, 7) is 3.92. The van der Waals surface area contributed by atoms with E-state index in [1.54, 1.807) is 4.31 Å². The molecule has 2 N–H and O–H groups in total. The van der Waals surface area contributed by atoms with Gasteiger partial charge < -0.3 is 15.4 Å². The van der Waals surface area contributed by atoms with Gasteiger partial charge in [0.25, 0.3) is 0 Å². The summed E-state index contributed by atoms with van der Waals surface area (Å²) in [5.41, 5.74) is 0. The van der Waals surface area contributed by atoms with Crippen LogP contribution in [0.5, 0.6) is 0 Å². The molecule has 3 unspecified atom stereocenters. The van der Waals surface area contributed by atoms with Crippen molar-refractivity contribution >= 4 is 10.0 Å². The Hall–Kier alpha value is -0.210. The molecule has 2 heterocycles. The molecule has 128 valence electrons. The molecule has 6 nitrogen and oxygen atoms in total. The highest BCUT2D eigenvalue weighted by Crippen LogP contribution is 2.30. The van der Waals surface area contributed by atoms with Gasteiger partial charge in [-0.25, -0.2) is 12.7 Å². The normalized spacial score (nSPS) is 35.8. The Kier molecular flexibility index (Phi) is 5.39. The predicted octanol–water partition coefficient (Wildman–Crippen LogP) is 0.157. The van der Waals surface area contributed by atoms with Crippen molar-refractivity contribution in [2.24, 2.45) is 5.92 Å². The van der Waals surface area contributed by atoms with Crippen molar-refractivity contribution in [1.82, 2.24) is 14.9 Å². The van der Waals surface area contributed by atoms with Gasteiger partial charge in [0.15, 0.2) is 0 Å². The van der Waals surface area contributed by atoms with Gasteiger partial charge >= 0.3 is 0 Å². The zero-order valence-electron chi connectivity index (χ0n) is 13.5. The smallest absolute Gasteiger partial charge is 0.211 e. The van der Waals surface area contributed by atoms with E-state index in [-0.39, 0.29) is 0 Å². The summed E-state index contributed by atoms with van der Waals surface area (Å²) in [6, 6.07) is 1.48. The maximum Gasteiger partial charge on any atom is 0.211 e. The molecule has 0 aromatic heterocycles. The highest BCUT2D eigenvalue weighted by Gasteiger charge is 2.36. The number of nitrogens with zero attached hydrogens (tertiary/aromatic N) is 1. The highest BCUT2D eigenvalue weighted by molar-refractivity contribution is 7.88. The lowest BCUT2D eigenvalue weighted by atomic mass is 9.92. The summed E-state index contributed by atoms with van der Waals surface area (Å²) in [4.78, 5) is 0. The third-order valence-electron chi connectivity index (χ3n) is 5.41. The first-order valence-electron chi connectivity index (χ1n) is 8.56. The van der Waals surface area contributed by atoms with Gasteiger partial charge in [-0.15, -0.1) is 0 Å². The minimum Gasteiger partial charge on any atom is -0.379 e. The molecule has 3 aliphatic rings. The Labute approximate surface area is 134 Å². The fourth-order valence-electron chi connectivity index (χ4n) is 4.19. The molecule has 3 rings (SSSR count). The lowest BCUT2D eigenvalue weighted by Gasteiger charge is -2.37. The van der Waals surface area contributed by atoms with Gasteiger partial charge in [-0.3, -0.25) is 0 Å².